The number of hydrogen-bond acceptors (Lipinski definition) is 3. The van der Waals surface area contributed by atoms with E-state index >= 15 is 0 Å². The summed E-state index contributed by atoms with van der Waals surface area (Å²) in [5.41, 5.74) is 14.8. The molecule has 0 saturated carbocycles. The van der Waals surface area contributed by atoms with Crippen molar-refractivity contribution in [3.05, 3.63) is 40.3 Å². The first-order valence-corrected chi connectivity index (χ1v) is 4.26. The van der Waals surface area contributed by atoms with E-state index in [1.165, 1.54) is 0 Å². The zero-order valence-electron chi connectivity index (χ0n) is 7.67. The van der Waals surface area contributed by atoms with E-state index in [-0.39, 0.29) is 18.3 Å². The Morgan fingerprint density at radius 3 is 2.64 bits per heavy atom. The molecule has 0 bridgehead atoms. The molecule has 0 saturated heterocycles. The van der Waals surface area contributed by atoms with Crippen molar-refractivity contribution in [1.29, 1.82) is 0 Å². The molecule has 0 heterocycles. The molecule has 0 spiro atoms. The third kappa shape index (κ3) is 3.35. The summed E-state index contributed by atoms with van der Waals surface area (Å²) < 4.78 is 0. The van der Waals surface area contributed by atoms with Crippen molar-refractivity contribution >= 4 is 0 Å². The number of hydrogen-bond donors (Lipinski definition) is 2. The van der Waals surface area contributed by atoms with Gasteiger partial charge in [0.05, 0.1) is 0 Å². The van der Waals surface area contributed by atoms with Crippen LogP contribution in [0.4, 0.5) is 0 Å². The second-order valence-electron chi connectivity index (χ2n) is 3.04. The van der Waals surface area contributed by atoms with Gasteiger partial charge in [-0.05, 0) is 29.6 Å². The molecule has 0 amide bonds. The van der Waals surface area contributed by atoms with E-state index in [1.54, 1.807) is 24.3 Å². The van der Waals surface area contributed by atoms with Crippen LogP contribution in [0.5, 0.6) is 5.75 Å². The van der Waals surface area contributed by atoms with Crippen molar-refractivity contribution in [2.24, 2.45) is 10.8 Å². The molecule has 1 aromatic carbocycles. The molecule has 0 aliphatic heterocycles. The number of aromatic hydroxyl groups is 1. The summed E-state index contributed by atoms with van der Waals surface area (Å²) in [5.74, 6) is 0.234. The van der Waals surface area contributed by atoms with Crippen LogP contribution in [0, 0.1) is 0 Å². The van der Waals surface area contributed by atoms with Gasteiger partial charge in [-0.25, -0.2) is 0 Å². The quantitative estimate of drug-likeness (QED) is 0.430. The normalized spacial score (nSPS) is 11.8. The monoisotopic (exact) mass is 192 g/mol. The number of rotatable bonds is 4. The molecule has 5 nitrogen and oxygen atoms in total. The maximum absolute atomic E-state index is 9.03. The number of benzene rings is 1. The van der Waals surface area contributed by atoms with Gasteiger partial charge in [-0.3, -0.25) is 0 Å². The fraction of sp³-hybridized carbons (Fsp3) is 0.333. The van der Waals surface area contributed by atoms with Crippen LogP contribution in [0.25, 0.3) is 10.4 Å². The minimum absolute atomic E-state index is 0.171. The maximum Gasteiger partial charge on any atom is 0.115 e. The summed E-state index contributed by atoms with van der Waals surface area (Å²) in [6, 6.07) is 6.64. The van der Waals surface area contributed by atoms with Crippen LogP contribution in [0.1, 0.15) is 5.56 Å². The first kappa shape index (κ1) is 10.4. The predicted molar refractivity (Wildman–Crippen MR) is 53.8 cm³/mol. The molecular weight excluding hydrogens is 180 g/mol. The van der Waals surface area contributed by atoms with Crippen molar-refractivity contribution in [2.75, 3.05) is 6.54 Å². The van der Waals surface area contributed by atoms with Gasteiger partial charge < -0.3 is 10.8 Å². The van der Waals surface area contributed by atoms with E-state index < -0.39 is 0 Å². The molecule has 5 heteroatoms. The fourth-order valence-electron chi connectivity index (χ4n) is 1.14. The highest BCUT2D eigenvalue weighted by Crippen LogP contribution is 2.10. The zero-order chi connectivity index (χ0) is 10.4. The van der Waals surface area contributed by atoms with Gasteiger partial charge in [-0.1, -0.05) is 17.2 Å². The molecule has 0 aromatic heterocycles. The highest BCUT2D eigenvalue weighted by atomic mass is 16.3. The second-order valence-corrected chi connectivity index (χ2v) is 3.04. The Hall–Kier alpha value is -1.71. The Balaban J connectivity index is 2.51. The van der Waals surface area contributed by atoms with Crippen LogP contribution >= 0.6 is 0 Å². The maximum atomic E-state index is 9.03. The van der Waals surface area contributed by atoms with Gasteiger partial charge in [0, 0.05) is 17.5 Å². The van der Waals surface area contributed by atoms with Crippen LogP contribution in [0.3, 0.4) is 0 Å². The summed E-state index contributed by atoms with van der Waals surface area (Å²) >= 11 is 0. The van der Waals surface area contributed by atoms with Gasteiger partial charge in [-0.15, -0.1) is 0 Å². The smallest absolute Gasteiger partial charge is 0.115 e. The number of phenolic OH excluding ortho intramolecular Hbond substituents is 1. The lowest BCUT2D eigenvalue weighted by atomic mass is 10.1. The van der Waals surface area contributed by atoms with E-state index in [2.05, 4.69) is 10.0 Å². The zero-order valence-corrected chi connectivity index (χ0v) is 7.67. The third-order valence-electron chi connectivity index (χ3n) is 1.81. The van der Waals surface area contributed by atoms with E-state index in [9.17, 15) is 0 Å². The van der Waals surface area contributed by atoms with E-state index in [0.717, 1.165) is 5.56 Å². The van der Waals surface area contributed by atoms with Gasteiger partial charge in [0.1, 0.15) is 5.75 Å². The molecule has 3 N–H and O–H groups in total. The highest BCUT2D eigenvalue weighted by Gasteiger charge is 2.02. The molecule has 1 aromatic rings. The Morgan fingerprint density at radius 1 is 1.43 bits per heavy atom. The van der Waals surface area contributed by atoms with Crippen LogP contribution in [-0.4, -0.2) is 17.7 Å². The minimum atomic E-state index is -0.171. The molecule has 0 fully saturated rings. The average Bonchev–Trinajstić information content (AvgIpc) is 2.18. The Bertz CT molecular complexity index is 329. The standard InChI is InChI=1S/C9H12N4O/c10-8(6-12-13-11)5-7-1-3-9(14)4-2-7/h1-4,8,14H,5-6,10H2/t8-/m0/s1. The largest absolute Gasteiger partial charge is 0.508 e. The fourth-order valence-corrected chi connectivity index (χ4v) is 1.14. The van der Waals surface area contributed by atoms with Crippen LogP contribution in [-0.2, 0) is 6.42 Å². The summed E-state index contributed by atoms with van der Waals surface area (Å²) in [4.78, 5) is 2.64. The molecule has 0 aliphatic rings. The van der Waals surface area contributed by atoms with Crippen molar-refractivity contribution in [1.82, 2.24) is 0 Å². The van der Waals surface area contributed by atoms with E-state index in [0.29, 0.717) is 6.42 Å². The Labute approximate surface area is 81.8 Å². The highest BCUT2D eigenvalue weighted by molar-refractivity contribution is 5.26. The lowest BCUT2D eigenvalue weighted by molar-refractivity contribution is 0.475. The first-order valence-electron chi connectivity index (χ1n) is 4.26. The SMILES string of the molecule is [N-]=[N+]=NC[C@@H](N)Cc1ccc(O)cc1. The van der Waals surface area contributed by atoms with Gasteiger partial charge in [0.25, 0.3) is 0 Å². The average molecular weight is 192 g/mol. The van der Waals surface area contributed by atoms with Crippen LogP contribution in [0.2, 0.25) is 0 Å². The van der Waals surface area contributed by atoms with E-state index in [4.69, 9.17) is 16.4 Å². The molecule has 1 rings (SSSR count). The predicted octanol–water partition coefficient (Wildman–Crippen LogP) is 1.57. The van der Waals surface area contributed by atoms with Crippen LogP contribution in [0.15, 0.2) is 29.4 Å². The summed E-state index contributed by atoms with van der Waals surface area (Å²) in [7, 11) is 0. The molecule has 0 unspecified atom stereocenters. The van der Waals surface area contributed by atoms with Gasteiger partial charge in [0.15, 0.2) is 0 Å². The molecule has 74 valence electrons. The van der Waals surface area contributed by atoms with Crippen molar-refractivity contribution < 1.29 is 5.11 Å². The lowest BCUT2D eigenvalue weighted by Gasteiger charge is -2.07. The molecule has 0 aliphatic carbocycles. The summed E-state index contributed by atoms with van der Waals surface area (Å²) in [5, 5.41) is 12.4. The van der Waals surface area contributed by atoms with Crippen molar-refractivity contribution in [2.45, 2.75) is 12.5 Å². The van der Waals surface area contributed by atoms with Gasteiger partial charge in [0.2, 0.25) is 0 Å². The second kappa shape index (κ2) is 5.11. The number of azide groups is 1. The molecule has 14 heavy (non-hydrogen) atoms. The Kier molecular flexibility index (Phi) is 3.79. The van der Waals surface area contributed by atoms with Crippen molar-refractivity contribution in [3.63, 3.8) is 0 Å². The third-order valence-corrected chi connectivity index (χ3v) is 1.81. The van der Waals surface area contributed by atoms with E-state index in [1.807, 2.05) is 0 Å². The summed E-state index contributed by atoms with van der Waals surface area (Å²) in [6.07, 6.45) is 0.638. The van der Waals surface area contributed by atoms with Gasteiger partial charge >= 0.3 is 0 Å². The number of phenols is 1. The lowest BCUT2D eigenvalue weighted by Crippen LogP contribution is -2.25. The molecule has 0 radical (unpaired) electrons. The molecular formula is C9H12N4O. The van der Waals surface area contributed by atoms with Gasteiger partial charge in [-0.2, -0.15) is 0 Å². The number of nitrogens with two attached hydrogens (primary N) is 1. The molecule has 1 atom stereocenters. The Morgan fingerprint density at radius 2 is 2.07 bits per heavy atom. The van der Waals surface area contributed by atoms with Crippen LogP contribution < -0.4 is 5.73 Å². The topological polar surface area (TPSA) is 95.0 Å². The van der Waals surface area contributed by atoms with Crippen molar-refractivity contribution in [3.8, 4) is 5.75 Å². The minimum Gasteiger partial charge on any atom is -0.508 e. The first-order chi connectivity index (χ1) is 6.72. The summed E-state index contributed by atoms with van der Waals surface area (Å²) in [6.45, 7) is 0.289. The number of nitrogens with zero attached hydrogens (tertiary/aromatic N) is 3.